The molecule has 1 aromatic carbocycles. The average Bonchev–Trinajstić information content (AvgIpc) is 3.42. The fourth-order valence-corrected chi connectivity index (χ4v) is 4.52. The molecular weight excluding hydrogens is 390 g/mol. The fraction of sp³-hybridized carbons (Fsp3) is 0.435. The molecule has 8 nitrogen and oxygen atoms in total. The summed E-state index contributed by atoms with van der Waals surface area (Å²) in [6, 6.07) is 17.0. The Kier molecular flexibility index (Phi) is 5.82. The summed E-state index contributed by atoms with van der Waals surface area (Å²) in [4.78, 5) is 9.77. The molecule has 31 heavy (non-hydrogen) atoms. The number of nitrogens with one attached hydrogen (secondary N) is 1. The second-order valence-corrected chi connectivity index (χ2v) is 8.05. The lowest BCUT2D eigenvalue weighted by Crippen LogP contribution is -2.50. The standard InChI is InChI=1S/C23H29N7O/c1-2-24-23(25-14-22-27-26-21-10-6-7-11-30(21)22)29-16-19-20(17-29)31-13-12-28(19)15-18-8-4-3-5-9-18/h3-11,19-20H,2,12-17H2,1H3,(H,24,25). The minimum atomic E-state index is 0.204. The summed E-state index contributed by atoms with van der Waals surface area (Å²) in [6.07, 6.45) is 2.18. The highest BCUT2D eigenvalue weighted by atomic mass is 16.5. The van der Waals surface area contributed by atoms with E-state index in [1.807, 2.05) is 28.8 Å². The highest BCUT2D eigenvalue weighted by molar-refractivity contribution is 5.80. The van der Waals surface area contributed by atoms with Crippen LogP contribution in [0.2, 0.25) is 0 Å². The molecule has 1 N–H and O–H groups in total. The van der Waals surface area contributed by atoms with E-state index < -0.39 is 0 Å². The van der Waals surface area contributed by atoms with Gasteiger partial charge in [0.2, 0.25) is 0 Å². The maximum atomic E-state index is 6.14. The van der Waals surface area contributed by atoms with Crippen molar-refractivity contribution in [1.29, 1.82) is 0 Å². The van der Waals surface area contributed by atoms with E-state index in [0.29, 0.717) is 12.6 Å². The van der Waals surface area contributed by atoms with Crippen molar-refractivity contribution in [3.05, 3.63) is 66.1 Å². The van der Waals surface area contributed by atoms with Crippen molar-refractivity contribution in [3.8, 4) is 0 Å². The molecule has 5 rings (SSSR count). The highest BCUT2D eigenvalue weighted by Crippen LogP contribution is 2.24. The Morgan fingerprint density at radius 1 is 1.13 bits per heavy atom. The van der Waals surface area contributed by atoms with Crippen LogP contribution in [0.15, 0.2) is 59.7 Å². The molecule has 162 valence electrons. The van der Waals surface area contributed by atoms with Crippen LogP contribution in [-0.2, 0) is 17.8 Å². The van der Waals surface area contributed by atoms with E-state index in [2.05, 4.69) is 62.6 Å². The molecule has 2 aliphatic heterocycles. The zero-order valence-corrected chi connectivity index (χ0v) is 17.9. The largest absolute Gasteiger partial charge is 0.373 e. The number of rotatable bonds is 5. The predicted molar refractivity (Wildman–Crippen MR) is 120 cm³/mol. The third kappa shape index (κ3) is 4.26. The molecule has 3 aromatic rings. The Labute approximate surface area is 182 Å². The molecule has 2 fully saturated rings. The van der Waals surface area contributed by atoms with Crippen LogP contribution in [0.3, 0.4) is 0 Å². The van der Waals surface area contributed by atoms with Gasteiger partial charge in [0.05, 0.1) is 18.8 Å². The zero-order valence-electron chi connectivity index (χ0n) is 17.9. The number of aliphatic imine (C=N–C) groups is 1. The number of benzene rings is 1. The third-order valence-electron chi connectivity index (χ3n) is 6.03. The molecule has 2 aliphatic rings. The number of nitrogens with zero attached hydrogens (tertiary/aromatic N) is 6. The van der Waals surface area contributed by atoms with Gasteiger partial charge in [-0.2, -0.15) is 0 Å². The number of pyridine rings is 1. The molecule has 0 amide bonds. The SMILES string of the molecule is CCNC(=NCc1nnc2ccccn12)N1CC2OCCN(Cc3ccccc3)C2C1. The Morgan fingerprint density at radius 3 is 2.87 bits per heavy atom. The summed E-state index contributed by atoms with van der Waals surface area (Å²) in [5.41, 5.74) is 2.19. The van der Waals surface area contributed by atoms with Gasteiger partial charge in [-0.15, -0.1) is 10.2 Å². The summed E-state index contributed by atoms with van der Waals surface area (Å²) in [6.45, 7) is 7.85. The van der Waals surface area contributed by atoms with Crippen molar-refractivity contribution in [3.63, 3.8) is 0 Å². The second-order valence-electron chi connectivity index (χ2n) is 8.05. The maximum Gasteiger partial charge on any atom is 0.194 e. The summed E-state index contributed by atoms with van der Waals surface area (Å²) in [5, 5.41) is 12.0. The number of hydrogen-bond acceptors (Lipinski definition) is 5. The molecule has 0 spiro atoms. The van der Waals surface area contributed by atoms with E-state index in [4.69, 9.17) is 9.73 Å². The first-order valence-electron chi connectivity index (χ1n) is 11.0. The number of likely N-dealkylation sites (tertiary alicyclic amines) is 1. The summed E-state index contributed by atoms with van der Waals surface area (Å²) in [7, 11) is 0. The van der Waals surface area contributed by atoms with E-state index in [-0.39, 0.29) is 6.10 Å². The average molecular weight is 420 g/mol. The highest BCUT2D eigenvalue weighted by Gasteiger charge is 2.41. The number of hydrogen-bond donors (Lipinski definition) is 1. The van der Waals surface area contributed by atoms with Crippen LogP contribution in [0.4, 0.5) is 0 Å². The van der Waals surface area contributed by atoms with Gasteiger partial charge in [0, 0.05) is 38.9 Å². The van der Waals surface area contributed by atoms with Crippen LogP contribution < -0.4 is 5.32 Å². The van der Waals surface area contributed by atoms with Crippen molar-refractivity contribution in [2.75, 3.05) is 32.8 Å². The van der Waals surface area contributed by atoms with Crippen molar-refractivity contribution in [2.24, 2.45) is 4.99 Å². The van der Waals surface area contributed by atoms with Gasteiger partial charge in [-0.05, 0) is 24.6 Å². The van der Waals surface area contributed by atoms with E-state index in [1.165, 1.54) is 5.56 Å². The van der Waals surface area contributed by atoms with Gasteiger partial charge < -0.3 is 15.0 Å². The van der Waals surface area contributed by atoms with E-state index in [0.717, 1.165) is 56.8 Å². The van der Waals surface area contributed by atoms with Crippen LogP contribution >= 0.6 is 0 Å². The molecule has 2 saturated heterocycles. The van der Waals surface area contributed by atoms with Crippen molar-refractivity contribution < 1.29 is 4.74 Å². The Hall–Kier alpha value is -2.97. The van der Waals surface area contributed by atoms with Crippen molar-refractivity contribution >= 4 is 11.6 Å². The lowest BCUT2D eigenvalue weighted by Gasteiger charge is -2.36. The van der Waals surface area contributed by atoms with E-state index in [9.17, 15) is 0 Å². The molecule has 2 aromatic heterocycles. The van der Waals surface area contributed by atoms with Gasteiger partial charge in [0.25, 0.3) is 0 Å². The first-order chi connectivity index (χ1) is 15.3. The van der Waals surface area contributed by atoms with Crippen LogP contribution in [0.5, 0.6) is 0 Å². The summed E-state index contributed by atoms with van der Waals surface area (Å²) < 4.78 is 8.13. The van der Waals surface area contributed by atoms with Gasteiger partial charge in [-0.3, -0.25) is 9.30 Å². The van der Waals surface area contributed by atoms with Gasteiger partial charge in [0.1, 0.15) is 6.54 Å². The van der Waals surface area contributed by atoms with Crippen LogP contribution in [0.1, 0.15) is 18.3 Å². The predicted octanol–water partition coefficient (Wildman–Crippen LogP) is 1.78. The molecule has 0 aliphatic carbocycles. The maximum absolute atomic E-state index is 6.14. The number of guanidine groups is 1. The minimum Gasteiger partial charge on any atom is -0.373 e. The first-order valence-corrected chi connectivity index (χ1v) is 11.0. The Balaban J connectivity index is 1.31. The molecule has 2 atom stereocenters. The lowest BCUT2D eigenvalue weighted by molar-refractivity contribution is -0.0502. The fourth-order valence-electron chi connectivity index (χ4n) is 4.52. The molecule has 0 bridgehead atoms. The van der Waals surface area contributed by atoms with Gasteiger partial charge in [0.15, 0.2) is 17.4 Å². The molecule has 2 unspecified atom stereocenters. The second kappa shape index (κ2) is 9.03. The molecule has 8 heteroatoms. The van der Waals surface area contributed by atoms with Crippen LogP contribution in [0.25, 0.3) is 5.65 Å². The first kappa shape index (κ1) is 20.0. The van der Waals surface area contributed by atoms with Gasteiger partial charge in [-0.1, -0.05) is 36.4 Å². The summed E-state index contributed by atoms with van der Waals surface area (Å²) >= 11 is 0. The lowest BCUT2D eigenvalue weighted by atomic mass is 10.1. The van der Waals surface area contributed by atoms with Crippen LogP contribution in [-0.4, -0.2) is 75.3 Å². The normalized spacial score (nSPS) is 22.1. The smallest absolute Gasteiger partial charge is 0.194 e. The minimum absolute atomic E-state index is 0.204. The van der Waals surface area contributed by atoms with E-state index in [1.54, 1.807) is 0 Å². The number of fused-ring (bicyclic) bond motifs is 2. The molecular formula is C23H29N7O. The van der Waals surface area contributed by atoms with E-state index >= 15 is 0 Å². The topological polar surface area (TPSA) is 70.3 Å². The number of aromatic nitrogens is 3. The van der Waals surface area contributed by atoms with Crippen molar-refractivity contribution in [2.45, 2.75) is 32.2 Å². The summed E-state index contributed by atoms with van der Waals surface area (Å²) in [5.74, 6) is 1.75. The van der Waals surface area contributed by atoms with Gasteiger partial charge in [-0.25, -0.2) is 4.99 Å². The third-order valence-corrected chi connectivity index (χ3v) is 6.03. The monoisotopic (exact) mass is 419 g/mol. The molecule has 0 radical (unpaired) electrons. The molecule has 0 saturated carbocycles. The number of ether oxygens (including phenoxy) is 1. The zero-order chi connectivity index (χ0) is 21.0. The Morgan fingerprint density at radius 2 is 2.00 bits per heavy atom. The van der Waals surface area contributed by atoms with Crippen LogP contribution in [0, 0.1) is 0 Å². The quantitative estimate of drug-likeness (QED) is 0.502. The number of morpholine rings is 1. The molecule has 4 heterocycles. The van der Waals surface area contributed by atoms with Gasteiger partial charge >= 0.3 is 0 Å². The Bertz CT molecular complexity index is 1030. The van der Waals surface area contributed by atoms with Crippen molar-refractivity contribution in [1.82, 2.24) is 29.7 Å².